The quantitative estimate of drug-likeness (QED) is 0.204. The Morgan fingerprint density at radius 3 is 2.62 bits per heavy atom. The summed E-state index contributed by atoms with van der Waals surface area (Å²) in [7, 11) is 1.82. The van der Waals surface area contributed by atoms with Crippen LogP contribution in [0.15, 0.2) is 81.3 Å². The van der Waals surface area contributed by atoms with E-state index in [9.17, 15) is 9.59 Å². The molecule has 0 aliphatic rings. The Morgan fingerprint density at radius 2 is 1.95 bits per heavy atom. The minimum atomic E-state index is -0.656. The molecule has 0 bridgehead atoms. The molecule has 3 heterocycles. The zero-order valence-corrected chi connectivity index (χ0v) is 24.8. The molecule has 0 aliphatic carbocycles. The molecule has 10 nitrogen and oxygen atoms in total. The first kappa shape index (κ1) is 28.3. The van der Waals surface area contributed by atoms with Crippen LogP contribution in [0.25, 0.3) is 22.7 Å². The number of nitrogens with one attached hydrogen (secondary N) is 1. The van der Waals surface area contributed by atoms with Gasteiger partial charge in [0.1, 0.15) is 5.56 Å². The first-order valence-electron chi connectivity index (χ1n) is 13.0. The lowest BCUT2D eigenvalue weighted by Crippen LogP contribution is -2.33. The fraction of sp³-hybridized carbons (Fsp3) is 0.129. The van der Waals surface area contributed by atoms with Gasteiger partial charge in [0.05, 0.1) is 28.9 Å². The van der Waals surface area contributed by atoms with Gasteiger partial charge in [0.15, 0.2) is 11.6 Å². The molecular formula is C31H27BrN8O2. The van der Waals surface area contributed by atoms with Gasteiger partial charge in [-0.1, -0.05) is 48.2 Å². The maximum Gasteiger partial charge on any atom is 0.264 e. The molecule has 0 aliphatic heterocycles. The maximum atomic E-state index is 14.3. The highest BCUT2D eigenvalue weighted by molar-refractivity contribution is 9.10. The van der Waals surface area contributed by atoms with Crippen LogP contribution in [0.4, 0.5) is 11.6 Å². The Balaban J connectivity index is 1.68. The number of hydrogen-bond acceptors (Lipinski definition) is 6. The van der Waals surface area contributed by atoms with E-state index >= 15 is 0 Å². The van der Waals surface area contributed by atoms with Crippen molar-refractivity contribution in [2.75, 3.05) is 5.73 Å². The zero-order chi connectivity index (χ0) is 30.0. The molecule has 11 heteroatoms. The molecule has 1 amide bonds. The Hall–Kier alpha value is -5.21. The van der Waals surface area contributed by atoms with Crippen molar-refractivity contribution in [3.63, 3.8) is 0 Å². The third-order valence-corrected chi connectivity index (χ3v) is 7.41. The van der Waals surface area contributed by atoms with E-state index in [0.29, 0.717) is 32.2 Å². The number of allylic oxidation sites excluding steroid dienone is 1. The molecule has 1 atom stereocenters. The Morgan fingerprint density at radius 1 is 1.19 bits per heavy atom. The van der Waals surface area contributed by atoms with Crippen molar-refractivity contribution in [1.82, 2.24) is 29.4 Å². The minimum absolute atomic E-state index is 0.00931. The van der Waals surface area contributed by atoms with Gasteiger partial charge in [0.2, 0.25) is 0 Å². The van der Waals surface area contributed by atoms with Crippen LogP contribution in [0.2, 0.25) is 0 Å². The lowest BCUT2D eigenvalue weighted by Gasteiger charge is -2.23. The number of para-hydroxylation sites is 1. The van der Waals surface area contributed by atoms with Crippen molar-refractivity contribution < 1.29 is 4.79 Å². The molecule has 3 N–H and O–H groups in total. The lowest BCUT2D eigenvalue weighted by molar-refractivity contribution is 0.0940. The highest BCUT2D eigenvalue weighted by Gasteiger charge is 2.27. The van der Waals surface area contributed by atoms with E-state index in [1.54, 1.807) is 40.8 Å². The SMILES string of the molecule is C=Nc1c(C(=O)NC(C)c2c(Br)c3cccc(C#Cc4cnn(C)c4)c3c(=O)n2-c2ccccc2)c(N)nn1/C=C\C. The summed E-state index contributed by atoms with van der Waals surface area (Å²) in [6.07, 6.45) is 6.84. The van der Waals surface area contributed by atoms with Gasteiger partial charge in [-0.2, -0.15) is 5.10 Å². The highest BCUT2D eigenvalue weighted by Crippen LogP contribution is 2.33. The maximum absolute atomic E-state index is 14.3. The standard InChI is InChI=1S/C31H27BrN8O2/c1-5-16-39-29(34-3)25(28(33)37-39)30(41)36-19(2)27-26(32)23-13-9-10-21(15-14-20-17-35-38(4)18-20)24(23)31(42)40(27)22-11-7-6-8-12-22/h5-13,16-19H,3H2,1-2,4H3,(H2,33,37)(H,36,41)/b16-5-. The molecule has 0 saturated heterocycles. The second kappa shape index (κ2) is 11.7. The number of fused-ring (bicyclic) bond motifs is 1. The van der Waals surface area contributed by atoms with Crippen molar-refractivity contribution in [2.24, 2.45) is 12.0 Å². The van der Waals surface area contributed by atoms with Crippen LogP contribution < -0.4 is 16.6 Å². The fourth-order valence-corrected chi connectivity index (χ4v) is 5.61. The number of amides is 1. The number of aryl methyl sites for hydroxylation is 1. The predicted octanol–water partition coefficient (Wildman–Crippen LogP) is 4.98. The Bertz CT molecular complexity index is 1990. The molecule has 210 valence electrons. The van der Waals surface area contributed by atoms with E-state index in [1.165, 1.54) is 4.68 Å². The largest absolute Gasteiger partial charge is 0.381 e. The van der Waals surface area contributed by atoms with E-state index < -0.39 is 11.9 Å². The summed E-state index contributed by atoms with van der Waals surface area (Å²) in [5, 5.41) is 12.4. The number of nitrogens with two attached hydrogens (primary N) is 1. The third kappa shape index (κ3) is 5.15. The first-order chi connectivity index (χ1) is 20.2. The monoisotopic (exact) mass is 622 g/mol. The lowest BCUT2D eigenvalue weighted by atomic mass is 10.0. The van der Waals surface area contributed by atoms with Crippen LogP contribution in [-0.2, 0) is 7.05 Å². The molecule has 2 aromatic carbocycles. The number of halogens is 1. The average Bonchev–Trinajstić information content (AvgIpc) is 3.55. The van der Waals surface area contributed by atoms with Gasteiger partial charge in [-0.25, -0.2) is 9.67 Å². The van der Waals surface area contributed by atoms with Crippen LogP contribution in [0, 0.1) is 11.8 Å². The molecule has 0 spiro atoms. The van der Waals surface area contributed by atoms with E-state index in [-0.39, 0.29) is 22.8 Å². The smallest absolute Gasteiger partial charge is 0.264 e. The second-order valence-corrected chi connectivity index (χ2v) is 10.2. The van der Waals surface area contributed by atoms with Crippen LogP contribution in [0.1, 0.15) is 47.1 Å². The number of aliphatic imine (C=N–C) groups is 1. The number of carbonyl (C=O) groups excluding carboxylic acids is 1. The number of pyridine rings is 1. The van der Waals surface area contributed by atoms with Gasteiger partial charge in [-0.15, -0.1) is 5.10 Å². The number of carbonyl (C=O) groups is 1. The van der Waals surface area contributed by atoms with Gasteiger partial charge < -0.3 is 11.1 Å². The van der Waals surface area contributed by atoms with Crippen LogP contribution in [0.5, 0.6) is 0 Å². The number of benzene rings is 2. The topological polar surface area (TPSA) is 125 Å². The Labute approximate surface area is 250 Å². The number of anilines is 1. The molecule has 1 unspecified atom stereocenters. The molecule has 0 saturated carbocycles. The summed E-state index contributed by atoms with van der Waals surface area (Å²) < 4.78 is 5.29. The van der Waals surface area contributed by atoms with E-state index in [1.807, 2.05) is 62.5 Å². The number of nitrogens with zero attached hydrogens (tertiary/aromatic N) is 6. The summed E-state index contributed by atoms with van der Waals surface area (Å²) in [6, 6.07) is 14.1. The Kier molecular flexibility index (Phi) is 7.91. The summed E-state index contributed by atoms with van der Waals surface area (Å²) in [6.45, 7) is 7.18. The summed E-state index contributed by atoms with van der Waals surface area (Å²) in [5.41, 5.74) is 8.39. The molecule has 3 aromatic heterocycles. The number of aromatic nitrogens is 5. The van der Waals surface area contributed by atoms with Gasteiger partial charge in [0, 0.05) is 40.6 Å². The third-order valence-electron chi connectivity index (χ3n) is 6.58. The van der Waals surface area contributed by atoms with Crippen LogP contribution >= 0.6 is 15.9 Å². The number of rotatable bonds is 6. The molecule has 0 radical (unpaired) electrons. The average molecular weight is 624 g/mol. The van der Waals surface area contributed by atoms with Crippen LogP contribution in [-0.4, -0.2) is 36.8 Å². The molecule has 5 aromatic rings. The van der Waals surface area contributed by atoms with E-state index in [0.717, 1.165) is 5.56 Å². The number of hydrogen-bond donors (Lipinski definition) is 2. The molecular weight excluding hydrogens is 596 g/mol. The van der Waals surface area contributed by atoms with E-state index in [4.69, 9.17) is 5.73 Å². The number of nitrogen functional groups attached to an aromatic ring is 1. The fourth-order valence-electron chi connectivity index (χ4n) is 4.76. The highest BCUT2D eigenvalue weighted by atomic mass is 79.9. The van der Waals surface area contributed by atoms with Gasteiger partial charge in [0.25, 0.3) is 11.5 Å². The summed E-state index contributed by atoms with van der Waals surface area (Å²) >= 11 is 3.76. The van der Waals surface area contributed by atoms with Gasteiger partial charge in [-0.05, 0) is 54.7 Å². The summed E-state index contributed by atoms with van der Waals surface area (Å²) in [4.78, 5) is 31.8. The predicted molar refractivity (Wildman–Crippen MR) is 169 cm³/mol. The van der Waals surface area contributed by atoms with Crippen LogP contribution in [0.3, 0.4) is 0 Å². The first-order valence-corrected chi connectivity index (χ1v) is 13.8. The van der Waals surface area contributed by atoms with Crippen molar-refractivity contribution in [3.05, 3.63) is 104 Å². The second-order valence-electron chi connectivity index (χ2n) is 9.42. The molecule has 42 heavy (non-hydrogen) atoms. The zero-order valence-electron chi connectivity index (χ0n) is 23.2. The summed E-state index contributed by atoms with van der Waals surface area (Å²) in [5.74, 6) is 5.96. The normalized spacial score (nSPS) is 11.8. The van der Waals surface area contributed by atoms with Crippen molar-refractivity contribution in [1.29, 1.82) is 0 Å². The van der Waals surface area contributed by atoms with Crippen molar-refractivity contribution >= 4 is 57.2 Å². The molecule has 5 rings (SSSR count). The van der Waals surface area contributed by atoms with Gasteiger partial charge in [-0.3, -0.25) is 18.8 Å². The van der Waals surface area contributed by atoms with Crippen molar-refractivity contribution in [2.45, 2.75) is 19.9 Å². The van der Waals surface area contributed by atoms with E-state index in [2.05, 4.69) is 55.0 Å². The van der Waals surface area contributed by atoms with Gasteiger partial charge >= 0.3 is 0 Å². The minimum Gasteiger partial charge on any atom is -0.381 e. The molecule has 0 fully saturated rings. The van der Waals surface area contributed by atoms with Crippen molar-refractivity contribution in [3.8, 4) is 17.5 Å².